The van der Waals surface area contributed by atoms with Crippen molar-refractivity contribution in [3.63, 3.8) is 0 Å². The number of nitrogens with zero attached hydrogens (tertiary/aromatic N) is 1. The van der Waals surface area contributed by atoms with Crippen LogP contribution in [-0.4, -0.2) is 124 Å². The van der Waals surface area contributed by atoms with Gasteiger partial charge in [-0.2, -0.15) is 0 Å². The molecule has 3 saturated heterocycles. The Morgan fingerprint density at radius 1 is 1.01 bits per heavy atom. The number of methoxy groups -OCH3 is 1. The summed E-state index contributed by atoms with van der Waals surface area (Å²) in [4.78, 5) is 70.5. The molecule has 2 unspecified atom stereocenters. The van der Waals surface area contributed by atoms with Crippen molar-refractivity contribution < 1.29 is 58.2 Å². The van der Waals surface area contributed by atoms with E-state index in [2.05, 4.69) is 41.3 Å². The summed E-state index contributed by atoms with van der Waals surface area (Å²) in [6.07, 6.45) is 16.7. The first kappa shape index (κ1) is 62.0. The second-order valence-corrected chi connectivity index (χ2v) is 23.4. The van der Waals surface area contributed by atoms with Crippen LogP contribution < -0.4 is 21.4 Å². The minimum Gasteiger partial charge on any atom is -0.508 e. The first-order chi connectivity index (χ1) is 37.0. The summed E-state index contributed by atoms with van der Waals surface area (Å²) < 4.78 is 25.2. The zero-order chi connectivity index (χ0) is 57.1. The van der Waals surface area contributed by atoms with Crippen LogP contribution in [0.1, 0.15) is 139 Å². The Hall–Kier alpha value is -5.17. The molecule has 1 aromatic carbocycles. The van der Waals surface area contributed by atoms with E-state index < -0.39 is 95.5 Å². The number of aliphatic hydroxyl groups excluding tert-OH is 2. The first-order valence-electron chi connectivity index (χ1n) is 28.6. The number of phenols is 1. The molecular weight excluding hydrogens is 995 g/mol. The molecule has 5 aliphatic heterocycles. The van der Waals surface area contributed by atoms with Gasteiger partial charge in [0.25, 0.3) is 5.91 Å². The van der Waals surface area contributed by atoms with Gasteiger partial charge in [-0.25, -0.2) is 5.43 Å². The largest absolute Gasteiger partial charge is 0.508 e. The van der Waals surface area contributed by atoms with Gasteiger partial charge in [0.15, 0.2) is 11.5 Å². The van der Waals surface area contributed by atoms with Crippen molar-refractivity contribution in [2.24, 2.45) is 41.4 Å². The number of allylic oxidation sites excluding steroid dienone is 5. The molecular formula is C61H91N5O12. The maximum absolute atomic E-state index is 14.6. The molecule has 0 aromatic heterocycles. The van der Waals surface area contributed by atoms with Crippen LogP contribution in [0.5, 0.6) is 5.75 Å². The molecule has 0 saturated carbocycles. The zero-order valence-electron chi connectivity index (χ0n) is 48.0. The number of aliphatic hydroxyl groups is 2. The van der Waals surface area contributed by atoms with E-state index in [4.69, 9.17) is 18.9 Å². The summed E-state index contributed by atoms with van der Waals surface area (Å²) in [5, 5.41) is 43.8. The number of hydrogen-bond acceptors (Lipinski definition) is 13. The van der Waals surface area contributed by atoms with Crippen LogP contribution in [0.4, 0.5) is 0 Å². The molecule has 0 radical (unpaired) electrons. The molecule has 1 spiro atoms. The van der Waals surface area contributed by atoms with Crippen molar-refractivity contribution in [3.05, 3.63) is 89.6 Å². The number of rotatable bonds is 13. The van der Waals surface area contributed by atoms with E-state index in [1.54, 1.807) is 58.1 Å². The molecule has 3 fully saturated rings. The van der Waals surface area contributed by atoms with Crippen molar-refractivity contribution in [2.45, 2.75) is 200 Å². The van der Waals surface area contributed by atoms with Crippen molar-refractivity contribution in [1.82, 2.24) is 26.4 Å². The lowest BCUT2D eigenvalue weighted by Crippen LogP contribution is -2.64. The minimum atomic E-state index is -1.16. The number of amides is 4. The molecule has 16 atom stereocenters. The Morgan fingerprint density at radius 3 is 2.47 bits per heavy atom. The van der Waals surface area contributed by atoms with Crippen LogP contribution in [0.15, 0.2) is 84.0 Å². The number of piperidine rings is 1. The van der Waals surface area contributed by atoms with Crippen LogP contribution in [0.3, 0.4) is 0 Å². The third kappa shape index (κ3) is 15.6. The Morgan fingerprint density at radius 2 is 1.77 bits per heavy atom. The monoisotopic (exact) mass is 1090 g/mol. The second kappa shape index (κ2) is 27.8. The number of aromatic hydroxyl groups is 1. The number of benzene rings is 1. The molecule has 17 heteroatoms. The summed E-state index contributed by atoms with van der Waals surface area (Å²) in [5.74, 6) is -4.79. The molecule has 0 aliphatic carbocycles. The average molecular weight is 1090 g/mol. The van der Waals surface area contributed by atoms with Gasteiger partial charge in [-0.3, -0.25) is 29.0 Å². The van der Waals surface area contributed by atoms with Gasteiger partial charge in [-0.05, 0) is 106 Å². The lowest BCUT2D eigenvalue weighted by atomic mass is 9.75. The first-order valence-corrected chi connectivity index (χ1v) is 28.6. The van der Waals surface area contributed by atoms with Gasteiger partial charge in [-0.15, -0.1) is 0 Å². The molecule has 1 aromatic rings. The predicted octanol–water partition coefficient (Wildman–Crippen LogP) is 7.17. The van der Waals surface area contributed by atoms with E-state index in [1.807, 2.05) is 52.0 Å². The smallest absolute Gasteiger partial charge is 0.325 e. The fraction of sp³-hybridized carbons (Fsp3) is 0.656. The number of cyclic esters (lactones) is 1. The van der Waals surface area contributed by atoms with Crippen molar-refractivity contribution in [2.75, 3.05) is 13.7 Å². The number of esters is 1. The minimum absolute atomic E-state index is 0.00123. The Kier molecular flexibility index (Phi) is 22.1. The average Bonchev–Trinajstić information content (AvgIpc) is 3.41. The maximum atomic E-state index is 14.6. The van der Waals surface area contributed by atoms with Gasteiger partial charge >= 0.3 is 5.97 Å². The van der Waals surface area contributed by atoms with Gasteiger partial charge in [0.05, 0.1) is 30.3 Å². The number of ether oxygens (including phenoxy) is 4. The molecule has 5 aliphatic rings. The normalized spacial score (nSPS) is 35.8. The van der Waals surface area contributed by atoms with Crippen molar-refractivity contribution >= 4 is 29.6 Å². The third-order valence-corrected chi connectivity index (χ3v) is 17.1. The number of nitrogens with one attached hydrogen (secondary N) is 4. The molecule has 5 heterocycles. The Bertz CT molecular complexity index is 2400. The van der Waals surface area contributed by atoms with Crippen LogP contribution in [-0.2, 0) is 49.3 Å². The van der Waals surface area contributed by atoms with E-state index in [0.29, 0.717) is 50.5 Å². The van der Waals surface area contributed by atoms with Crippen LogP contribution in [0.25, 0.3) is 0 Å². The van der Waals surface area contributed by atoms with Gasteiger partial charge in [-0.1, -0.05) is 109 Å². The second-order valence-electron chi connectivity index (χ2n) is 23.4. The predicted molar refractivity (Wildman–Crippen MR) is 297 cm³/mol. The SMILES string of the molecule is CC[C@H]1C[C@H](C)[C@@]2(NC1=O)O[C@@H](C[C@H](O)[C@@H](C)CC/C=C/C=C(\C)C1C/C=C/C=C/[C@H](O)[C@H](C)[C@H]3O[C@](C)(OC)CC[C@H]3C(=O)N[C@@H](C(C)C)C(=O)NC(Cc3cccc(O)c3)C(=O)N3CCC[C@H](N3)C(=O)O1)[C@H](C)C=C2C. The number of carbonyl (C=O) groups is 5. The molecule has 17 nitrogen and oxygen atoms in total. The lowest BCUT2D eigenvalue weighted by molar-refractivity contribution is -0.280. The molecule has 432 valence electrons. The van der Waals surface area contributed by atoms with Gasteiger partial charge in [0, 0.05) is 63.0 Å². The van der Waals surface area contributed by atoms with Crippen molar-refractivity contribution in [3.8, 4) is 5.75 Å². The van der Waals surface area contributed by atoms with E-state index in [1.165, 1.54) is 24.3 Å². The van der Waals surface area contributed by atoms with E-state index in [-0.39, 0.29) is 60.8 Å². The van der Waals surface area contributed by atoms with Gasteiger partial charge < -0.3 is 50.2 Å². The number of hydrazine groups is 1. The van der Waals surface area contributed by atoms with E-state index >= 15 is 0 Å². The molecule has 2 bridgehead atoms. The molecule has 6 rings (SSSR count). The number of phenolic OH excluding ortho intramolecular Hbond substituents is 1. The summed E-state index contributed by atoms with van der Waals surface area (Å²) in [6, 6.07) is 3.30. The van der Waals surface area contributed by atoms with Gasteiger partial charge in [0.1, 0.15) is 30.0 Å². The summed E-state index contributed by atoms with van der Waals surface area (Å²) in [7, 11) is 1.53. The summed E-state index contributed by atoms with van der Waals surface area (Å²) in [5.41, 5.74) is 4.58. The fourth-order valence-corrected chi connectivity index (χ4v) is 11.6. The highest BCUT2D eigenvalue weighted by Gasteiger charge is 2.51. The molecule has 7 N–H and O–H groups in total. The lowest BCUT2D eigenvalue weighted by Gasteiger charge is -2.51. The topological polar surface area (TPSA) is 234 Å². The van der Waals surface area contributed by atoms with Gasteiger partial charge in [0.2, 0.25) is 17.7 Å². The molecule has 78 heavy (non-hydrogen) atoms. The summed E-state index contributed by atoms with van der Waals surface area (Å²) >= 11 is 0. The van der Waals surface area contributed by atoms with E-state index in [9.17, 15) is 39.3 Å². The van der Waals surface area contributed by atoms with Crippen LogP contribution in [0, 0.1) is 41.4 Å². The fourth-order valence-electron chi connectivity index (χ4n) is 11.6. The van der Waals surface area contributed by atoms with Crippen LogP contribution in [0.2, 0.25) is 0 Å². The third-order valence-electron chi connectivity index (χ3n) is 17.1. The number of hydrogen-bond donors (Lipinski definition) is 7. The number of carbonyl (C=O) groups excluding carboxylic acids is 5. The Balaban J connectivity index is 1.20. The quantitative estimate of drug-likeness (QED) is 0.0591. The molecule has 4 amide bonds. The Labute approximate surface area is 463 Å². The van der Waals surface area contributed by atoms with E-state index in [0.717, 1.165) is 24.0 Å². The summed E-state index contributed by atoms with van der Waals surface area (Å²) in [6.45, 7) is 19.6. The standard InChI is InChI=1S/C61H91N5O12/c1-12-44-32-41(8)61(64-55(44)70)40(7)31-39(6)52(77-61)35-50(69)37(4)21-15-13-16-22-38(5)51-27-18-14-17-26-49(68)42(9)54-46(28-29-60(10,75-11)78-54)56(71)63-53(36(2)3)57(72)62-48(34-43-23-19-24-45(67)33-43)58(73)66-30-20-25-47(65-66)59(74)76-51/h13-14,16-19,22-24,26,31,33,36-37,39,41-42,44,46-54,65,67-69H,12,15,20-21,25,27-30,32,34-35H2,1-11H3,(H,62,72)(H,63,71)(H,64,70)/b16-13+,18-14+,26-17+,38-22+/t37-,39+,41-,42-,44-,46+,47-,48?,49-,50-,51?,52-,53-,54+,60-,61-/m0/s1. The highest BCUT2D eigenvalue weighted by Crippen LogP contribution is 2.43. The maximum Gasteiger partial charge on any atom is 0.325 e. The number of fused-ring (bicyclic) bond motifs is 3. The highest BCUT2D eigenvalue weighted by molar-refractivity contribution is 5.93. The van der Waals surface area contributed by atoms with Crippen molar-refractivity contribution in [1.29, 1.82) is 0 Å². The van der Waals surface area contributed by atoms with Crippen LogP contribution >= 0.6 is 0 Å². The zero-order valence-corrected chi connectivity index (χ0v) is 48.0. The highest BCUT2D eigenvalue weighted by atomic mass is 16.7.